The molecule has 4 aliphatic heterocycles. The van der Waals surface area contributed by atoms with Crippen LogP contribution >= 0.6 is 0 Å². The van der Waals surface area contributed by atoms with Crippen molar-refractivity contribution in [2.45, 2.75) is 44.2 Å². The number of carbonyl (C=O) groups excluding carboxylic acids is 2. The lowest BCUT2D eigenvalue weighted by Gasteiger charge is -2.42. The summed E-state index contributed by atoms with van der Waals surface area (Å²) in [5, 5.41) is 3.31. The third kappa shape index (κ3) is 6.19. The number of piperazine rings is 1. The molecule has 1 N–H and O–H groups in total. The molecule has 46 heavy (non-hydrogen) atoms. The molecule has 0 saturated carbocycles. The Balaban J connectivity index is 1.07. The normalized spacial score (nSPS) is 20.2. The SMILES string of the molecule is COc1cc(C(=O)N2CCC(N3CCN(C)CC3)CC2)ccc1Nc1ncc2c(n1)-c1ccccc1N(C1CCOCC1)C(=O)C2. The summed E-state index contributed by atoms with van der Waals surface area (Å²) in [6.07, 6.45) is 5.59. The van der Waals surface area contributed by atoms with E-state index in [1.54, 1.807) is 19.4 Å². The number of hydrogen-bond donors (Lipinski definition) is 1. The molecule has 11 heteroatoms. The van der Waals surface area contributed by atoms with Gasteiger partial charge in [0.2, 0.25) is 11.9 Å². The van der Waals surface area contributed by atoms with Crippen molar-refractivity contribution >= 4 is 29.1 Å². The molecule has 1 aromatic heterocycles. The summed E-state index contributed by atoms with van der Waals surface area (Å²) in [4.78, 5) is 45.4. The van der Waals surface area contributed by atoms with Gasteiger partial charge in [0.25, 0.3) is 5.91 Å². The maximum atomic E-state index is 13.6. The fourth-order valence-electron chi connectivity index (χ4n) is 7.29. The molecule has 11 nitrogen and oxygen atoms in total. The number of hydrogen-bond acceptors (Lipinski definition) is 9. The molecule has 0 atom stereocenters. The predicted octanol–water partition coefficient (Wildman–Crippen LogP) is 3.82. The van der Waals surface area contributed by atoms with Crippen molar-refractivity contribution in [3.05, 3.63) is 59.8 Å². The first-order valence-electron chi connectivity index (χ1n) is 16.5. The largest absolute Gasteiger partial charge is 0.495 e. The highest BCUT2D eigenvalue weighted by molar-refractivity contribution is 6.02. The Morgan fingerprint density at radius 1 is 0.957 bits per heavy atom. The van der Waals surface area contributed by atoms with Crippen LogP contribution in [0.4, 0.5) is 17.3 Å². The zero-order chi connectivity index (χ0) is 31.6. The summed E-state index contributed by atoms with van der Waals surface area (Å²) >= 11 is 0. The second-order valence-corrected chi connectivity index (χ2v) is 12.8. The van der Waals surface area contributed by atoms with Crippen molar-refractivity contribution < 1.29 is 19.1 Å². The van der Waals surface area contributed by atoms with Gasteiger partial charge >= 0.3 is 0 Å². The number of ether oxygens (including phenoxy) is 2. The number of likely N-dealkylation sites (tertiary alicyclic amines) is 1. The van der Waals surface area contributed by atoms with Gasteiger partial charge in [-0.15, -0.1) is 0 Å². The van der Waals surface area contributed by atoms with Gasteiger partial charge in [-0.1, -0.05) is 18.2 Å². The first-order valence-corrected chi connectivity index (χ1v) is 16.5. The maximum absolute atomic E-state index is 13.6. The van der Waals surface area contributed by atoms with Crippen LogP contribution in [0.25, 0.3) is 11.3 Å². The van der Waals surface area contributed by atoms with Gasteiger partial charge in [-0.05, 0) is 57.0 Å². The number of likely N-dealkylation sites (N-methyl/N-ethyl adjacent to an activating group) is 1. The van der Waals surface area contributed by atoms with Crippen LogP contribution in [0.1, 0.15) is 41.6 Å². The molecule has 5 heterocycles. The predicted molar refractivity (Wildman–Crippen MR) is 177 cm³/mol. The minimum absolute atomic E-state index is 0.0262. The standard InChI is InChI=1S/C35H43N7O4/c1-39-15-17-40(18-16-39)26-9-13-41(14-10-26)34(44)24-7-8-29(31(21-24)45-2)37-35-36-23-25-22-32(43)42(27-11-19-46-20-12-27)30-6-4-3-5-28(30)33(25)38-35/h3-8,21,23,26-27H,9-20,22H2,1-2H3,(H,36,37,38). The van der Waals surface area contributed by atoms with Gasteiger partial charge in [-0.3, -0.25) is 14.5 Å². The molecule has 0 unspecified atom stereocenters. The minimum Gasteiger partial charge on any atom is -0.495 e. The van der Waals surface area contributed by atoms with Crippen LogP contribution < -0.4 is 15.0 Å². The summed E-state index contributed by atoms with van der Waals surface area (Å²) in [6.45, 7) is 7.25. The molecule has 3 saturated heterocycles. The fraction of sp³-hybridized carbons (Fsp3) is 0.486. The van der Waals surface area contributed by atoms with Crippen LogP contribution in [0.15, 0.2) is 48.7 Å². The van der Waals surface area contributed by atoms with E-state index in [4.69, 9.17) is 14.5 Å². The number of carbonyl (C=O) groups is 2. The lowest BCUT2D eigenvalue weighted by atomic mass is 10.0. The van der Waals surface area contributed by atoms with E-state index in [0.717, 1.165) is 87.5 Å². The number of methoxy groups -OCH3 is 1. The van der Waals surface area contributed by atoms with E-state index in [2.05, 4.69) is 27.1 Å². The van der Waals surface area contributed by atoms with Crippen LogP contribution in [0.5, 0.6) is 5.75 Å². The van der Waals surface area contributed by atoms with E-state index in [-0.39, 0.29) is 24.3 Å². The number of nitrogens with one attached hydrogen (secondary N) is 1. The van der Waals surface area contributed by atoms with Crippen LogP contribution in [-0.2, 0) is 16.0 Å². The highest BCUT2D eigenvalue weighted by Gasteiger charge is 2.33. The van der Waals surface area contributed by atoms with E-state index in [0.29, 0.717) is 42.2 Å². The second kappa shape index (κ2) is 13.4. The molecule has 242 valence electrons. The molecule has 0 radical (unpaired) electrons. The molecule has 0 spiro atoms. The lowest BCUT2D eigenvalue weighted by molar-refractivity contribution is -0.118. The Kier molecular flexibility index (Phi) is 8.88. The number of amides is 2. The Labute approximate surface area is 270 Å². The number of anilines is 3. The average molecular weight is 626 g/mol. The van der Waals surface area contributed by atoms with Gasteiger partial charge in [-0.25, -0.2) is 9.97 Å². The number of aromatic nitrogens is 2. The number of benzene rings is 2. The first-order chi connectivity index (χ1) is 22.5. The van der Waals surface area contributed by atoms with Gasteiger partial charge < -0.3 is 29.5 Å². The minimum atomic E-state index is 0.0262. The van der Waals surface area contributed by atoms with Crippen LogP contribution in [0, 0.1) is 0 Å². The van der Waals surface area contributed by atoms with E-state index < -0.39 is 0 Å². The van der Waals surface area contributed by atoms with Crippen molar-refractivity contribution in [1.29, 1.82) is 0 Å². The number of rotatable bonds is 6. The van der Waals surface area contributed by atoms with Crippen LogP contribution in [0.2, 0.25) is 0 Å². The fourth-order valence-corrected chi connectivity index (χ4v) is 7.29. The molecule has 2 aromatic carbocycles. The van der Waals surface area contributed by atoms with Gasteiger partial charge in [0, 0.05) is 87.5 Å². The molecule has 0 aliphatic carbocycles. The number of fused-ring (bicyclic) bond motifs is 3. The monoisotopic (exact) mass is 625 g/mol. The van der Waals surface area contributed by atoms with Crippen molar-refractivity contribution in [3.8, 4) is 17.0 Å². The third-order valence-electron chi connectivity index (χ3n) is 9.95. The van der Waals surface area contributed by atoms with Crippen LogP contribution in [-0.4, -0.2) is 115 Å². The summed E-state index contributed by atoms with van der Waals surface area (Å²) in [5.41, 5.74) is 4.57. The summed E-state index contributed by atoms with van der Waals surface area (Å²) in [7, 11) is 3.78. The topological polar surface area (TPSA) is 103 Å². The molecular formula is C35H43N7O4. The molecule has 0 bridgehead atoms. The Morgan fingerprint density at radius 2 is 1.72 bits per heavy atom. The highest BCUT2D eigenvalue weighted by Crippen LogP contribution is 2.39. The zero-order valence-electron chi connectivity index (χ0n) is 26.8. The second-order valence-electron chi connectivity index (χ2n) is 12.8. The van der Waals surface area contributed by atoms with Gasteiger partial charge in [-0.2, -0.15) is 0 Å². The average Bonchev–Trinajstić information content (AvgIpc) is 3.22. The van der Waals surface area contributed by atoms with Crippen LogP contribution in [0.3, 0.4) is 0 Å². The van der Waals surface area contributed by atoms with E-state index in [1.807, 2.05) is 46.2 Å². The molecule has 2 amide bonds. The molecule has 4 aliphatic rings. The Hall–Kier alpha value is -4.06. The number of nitrogens with zero attached hydrogens (tertiary/aromatic N) is 6. The summed E-state index contributed by atoms with van der Waals surface area (Å²) in [6, 6.07) is 14.1. The summed E-state index contributed by atoms with van der Waals surface area (Å²) in [5.74, 6) is 1.01. The smallest absolute Gasteiger partial charge is 0.253 e. The van der Waals surface area contributed by atoms with Crippen molar-refractivity contribution in [1.82, 2.24) is 24.7 Å². The quantitative estimate of drug-likeness (QED) is 0.438. The zero-order valence-corrected chi connectivity index (χ0v) is 26.8. The lowest BCUT2D eigenvalue weighted by Crippen LogP contribution is -2.52. The van der Waals surface area contributed by atoms with Crippen molar-refractivity contribution in [3.63, 3.8) is 0 Å². The molecular weight excluding hydrogens is 582 g/mol. The van der Waals surface area contributed by atoms with E-state index >= 15 is 0 Å². The Morgan fingerprint density at radius 3 is 2.48 bits per heavy atom. The van der Waals surface area contributed by atoms with Crippen molar-refractivity contribution in [2.24, 2.45) is 0 Å². The molecule has 3 aromatic rings. The maximum Gasteiger partial charge on any atom is 0.253 e. The van der Waals surface area contributed by atoms with Gasteiger partial charge in [0.15, 0.2) is 0 Å². The van der Waals surface area contributed by atoms with Crippen molar-refractivity contribution in [2.75, 3.05) is 76.9 Å². The van der Waals surface area contributed by atoms with E-state index in [1.165, 1.54) is 0 Å². The molecule has 3 fully saturated rings. The third-order valence-corrected chi connectivity index (χ3v) is 9.95. The van der Waals surface area contributed by atoms with Gasteiger partial charge in [0.05, 0.1) is 30.6 Å². The molecule has 7 rings (SSSR count). The van der Waals surface area contributed by atoms with E-state index in [9.17, 15) is 9.59 Å². The first kappa shape index (κ1) is 30.6. The summed E-state index contributed by atoms with van der Waals surface area (Å²) < 4.78 is 11.3. The number of piperidine rings is 1. The van der Waals surface area contributed by atoms with Gasteiger partial charge in [0.1, 0.15) is 5.75 Å². The Bertz CT molecular complexity index is 1580. The highest BCUT2D eigenvalue weighted by atomic mass is 16.5. The number of para-hydroxylation sites is 1.